The Bertz CT molecular complexity index is 438. The minimum absolute atomic E-state index is 0.111. The Morgan fingerprint density at radius 2 is 1.75 bits per heavy atom. The van der Waals surface area contributed by atoms with Gasteiger partial charge >= 0.3 is 5.97 Å². The highest BCUT2D eigenvalue weighted by atomic mass is 16.4. The molecule has 24 heavy (non-hydrogen) atoms. The molecular weight excluding hydrogens is 312 g/mol. The number of nitrogens with one attached hydrogen (secondary N) is 2. The Balaban J connectivity index is 4.70. The van der Waals surface area contributed by atoms with Crippen LogP contribution in [0.4, 0.5) is 0 Å². The first-order chi connectivity index (χ1) is 11.0. The zero-order valence-corrected chi connectivity index (χ0v) is 15.1. The average molecular weight is 344 g/mol. The van der Waals surface area contributed by atoms with Crippen molar-refractivity contribution in [3.05, 3.63) is 0 Å². The van der Waals surface area contributed by atoms with Crippen LogP contribution >= 0.6 is 0 Å². The molecule has 8 heteroatoms. The normalized spacial score (nSPS) is 14.1. The number of carboxylic acid groups (broad SMARTS) is 1. The van der Waals surface area contributed by atoms with Crippen molar-refractivity contribution in [2.24, 2.45) is 17.4 Å². The van der Waals surface area contributed by atoms with Crippen LogP contribution in [0.3, 0.4) is 0 Å². The number of rotatable bonds is 11. The van der Waals surface area contributed by atoms with Gasteiger partial charge in [0.1, 0.15) is 11.6 Å². The van der Waals surface area contributed by atoms with E-state index < -0.39 is 35.4 Å². The van der Waals surface area contributed by atoms with Gasteiger partial charge in [-0.3, -0.25) is 9.59 Å². The van der Waals surface area contributed by atoms with Gasteiger partial charge in [-0.05, 0) is 45.6 Å². The first-order valence-electron chi connectivity index (χ1n) is 8.32. The molecule has 0 fully saturated rings. The fourth-order valence-electron chi connectivity index (χ4n) is 2.13. The van der Waals surface area contributed by atoms with Crippen LogP contribution in [-0.2, 0) is 14.4 Å². The van der Waals surface area contributed by atoms with E-state index in [4.69, 9.17) is 11.5 Å². The molecule has 0 heterocycles. The van der Waals surface area contributed by atoms with Gasteiger partial charge in [0, 0.05) is 0 Å². The first-order valence-corrected chi connectivity index (χ1v) is 8.32. The van der Waals surface area contributed by atoms with Crippen LogP contribution in [0.1, 0.15) is 53.4 Å². The van der Waals surface area contributed by atoms with Gasteiger partial charge in [-0.2, -0.15) is 0 Å². The Kier molecular flexibility index (Phi) is 9.53. The lowest BCUT2D eigenvalue weighted by atomic mass is 9.99. The fraction of sp³-hybridized carbons (Fsp3) is 0.812. The SMILES string of the molecule is CC(C)C[C@H](NC(=O)C(C)(C)NC(=O)[C@@H](N)CCCCN)C(=O)O. The highest BCUT2D eigenvalue weighted by Gasteiger charge is 2.34. The minimum atomic E-state index is -1.26. The van der Waals surface area contributed by atoms with E-state index in [1.807, 2.05) is 13.8 Å². The average Bonchev–Trinajstić information content (AvgIpc) is 2.45. The molecule has 0 saturated heterocycles. The molecule has 0 aromatic carbocycles. The van der Waals surface area contributed by atoms with Crippen LogP contribution in [-0.4, -0.2) is 47.1 Å². The zero-order chi connectivity index (χ0) is 18.9. The Morgan fingerprint density at radius 3 is 2.21 bits per heavy atom. The Morgan fingerprint density at radius 1 is 1.17 bits per heavy atom. The maximum absolute atomic E-state index is 12.3. The van der Waals surface area contributed by atoms with E-state index in [-0.39, 0.29) is 5.92 Å². The lowest BCUT2D eigenvalue weighted by Gasteiger charge is -2.28. The summed E-state index contributed by atoms with van der Waals surface area (Å²) in [7, 11) is 0. The second-order valence-corrected chi connectivity index (χ2v) is 7.00. The number of nitrogens with two attached hydrogens (primary N) is 2. The number of hydrogen-bond donors (Lipinski definition) is 5. The number of carbonyl (C=O) groups is 3. The second-order valence-electron chi connectivity index (χ2n) is 7.00. The van der Waals surface area contributed by atoms with E-state index in [1.165, 1.54) is 13.8 Å². The molecule has 0 radical (unpaired) electrons. The van der Waals surface area contributed by atoms with Gasteiger partial charge in [-0.25, -0.2) is 4.79 Å². The molecule has 0 aromatic rings. The van der Waals surface area contributed by atoms with E-state index in [2.05, 4.69) is 10.6 Å². The minimum Gasteiger partial charge on any atom is -0.480 e. The number of amides is 2. The molecular formula is C16H32N4O4. The van der Waals surface area contributed by atoms with E-state index in [9.17, 15) is 19.5 Å². The summed E-state index contributed by atoms with van der Waals surface area (Å²) >= 11 is 0. The van der Waals surface area contributed by atoms with Gasteiger partial charge in [-0.1, -0.05) is 20.3 Å². The topological polar surface area (TPSA) is 148 Å². The predicted molar refractivity (Wildman–Crippen MR) is 92.1 cm³/mol. The van der Waals surface area contributed by atoms with Crippen molar-refractivity contribution in [2.45, 2.75) is 71.0 Å². The van der Waals surface area contributed by atoms with Gasteiger partial charge < -0.3 is 27.2 Å². The van der Waals surface area contributed by atoms with Crippen molar-refractivity contribution < 1.29 is 19.5 Å². The van der Waals surface area contributed by atoms with Crippen molar-refractivity contribution in [3.8, 4) is 0 Å². The van der Waals surface area contributed by atoms with Gasteiger partial charge in [-0.15, -0.1) is 0 Å². The highest BCUT2D eigenvalue weighted by Crippen LogP contribution is 2.09. The molecule has 7 N–H and O–H groups in total. The van der Waals surface area contributed by atoms with Crippen LogP contribution in [0.5, 0.6) is 0 Å². The Labute approximate surface area is 143 Å². The molecule has 2 atom stereocenters. The van der Waals surface area contributed by atoms with E-state index in [0.717, 1.165) is 12.8 Å². The van der Waals surface area contributed by atoms with Crippen molar-refractivity contribution in [2.75, 3.05) is 6.54 Å². The molecule has 0 rings (SSSR count). The summed E-state index contributed by atoms with van der Waals surface area (Å²) < 4.78 is 0. The third-order valence-corrected chi connectivity index (χ3v) is 3.62. The molecule has 2 amide bonds. The number of unbranched alkanes of at least 4 members (excludes halogenated alkanes) is 1. The third kappa shape index (κ3) is 8.26. The monoisotopic (exact) mass is 344 g/mol. The maximum atomic E-state index is 12.3. The summed E-state index contributed by atoms with van der Waals surface area (Å²) in [5.74, 6) is -1.99. The lowest BCUT2D eigenvalue weighted by molar-refractivity contribution is -0.143. The van der Waals surface area contributed by atoms with Crippen LogP contribution in [0.2, 0.25) is 0 Å². The van der Waals surface area contributed by atoms with E-state index >= 15 is 0 Å². The summed E-state index contributed by atoms with van der Waals surface area (Å²) in [6.45, 7) is 7.31. The summed E-state index contributed by atoms with van der Waals surface area (Å²) in [5, 5.41) is 14.2. The number of aliphatic carboxylic acids is 1. The smallest absolute Gasteiger partial charge is 0.326 e. The van der Waals surface area contributed by atoms with Gasteiger partial charge in [0.05, 0.1) is 6.04 Å². The molecule has 0 aliphatic rings. The summed E-state index contributed by atoms with van der Waals surface area (Å²) in [5.41, 5.74) is 9.94. The molecule has 8 nitrogen and oxygen atoms in total. The summed E-state index contributed by atoms with van der Waals surface area (Å²) in [4.78, 5) is 35.7. The van der Waals surface area contributed by atoms with E-state index in [0.29, 0.717) is 19.4 Å². The lowest BCUT2D eigenvalue weighted by Crippen LogP contribution is -2.60. The quantitative estimate of drug-likeness (QED) is 0.332. The van der Waals surface area contributed by atoms with Crippen molar-refractivity contribution >= 4 is 17.8 Å². The van der Waals surface area contributed by atoms with E-state index in [1.54, 1.807) is 0 Å². The zero-order valence-electron chi connectivity index (χ0n) is 15.1. The van der Waals surface area contributed by atoms with Gasteiger partial charge in [0.2, 0.25) is 11.8 Å². The summed E-state index contributed by atoms with van der Waals surface area (Å²) in [6.07, 6.45) is 2.29. The van der Waals surface area contributed by atoms with Crippen LogP contribution in [0.15, 0.2) is 0 Å². The van der Waals surface area contributed by atoms with Crippen LogP contribution < -0.4 is 22.1 Å². The highest BCUT2D eigenvalue weighted by molar-refractivity contribution is 5.94. The largest absolute Gasteiger partial charge is 0.480 e. The van der Waals surface area contributed by atoms with Gasteiger partial charge in [0.15, 0.2) is 0 Å². The molecule has 0 saturated carbocycles. The van der Waals surface area contributed by atoms with Crippen molar-refractivity contribution in [1.82, 2.24) is 10.6 Å². The second kappa shape index (κ2) is 10.2. The van der Waals surface area contributed by atoms with Crippen molar-refractivity contribution in [1.29, 1.82) is 0 Å². The molecule has 0 aliphatic heterocycles. The number of carboxylic acids is 1. The van der Waals surface area contributed by atoms with Crippen LogP contribution in [0, 0.1) is 5.92 Å². The molecule has 0 aromatic heterocycles. The Hall–Kier alpha value is -1.67. The number of carbonyl (C=O) groups excluding carboxylic acids is 2. The fourth-order valence-corrected chi connectivity index (χ4v) is 2.13. The predicted octanol–water partition coefficient (Wildman–Crippen LogP) is -0.0470. The summed E-state index contributed by atoms with van der Waals surface area (Å²) in [6, 6.07) is -1.72. The first kappa shape index (κ1) is 22.3. The maximum Gasteiger partial charge on any atom is 0.326 e. The molecule has 0 aliphatic carbocycles. The van der Waals surface area contributed by atoms with Crippen LogP contribution in [0.25, 0.3) is 0 Å². The third-order valence-electron chi connectivity index (χ3n) is 3.62. The molecule has 0 unspecified atom stereocenters. The number of hydrogen-bond acceptors (Lipinski definition) is 5. The van der Waals surface area contributed by atoms with Gasteiger partial charge in [0.25, 0.3) is 0 Å². The van der Waals surface area contributed by atoms with Crippen molar-refractivity contribution in [3.63, 3.8) is 0 Å². The molecule has 140 valence electrons. The molecule has 0 spiro atoms. The molecule has 0 bridgehead atoms. The standard InChI is InChI=1S/C16H32N4O4/c1-10(2)9-12(14(22)23)19-15(24)16(3,4)20-13(21)11(18)7-5-6-8-17/h10-12H,5-9,17-18H2,1-4H3,(H,19,24)(H,20,21)(H,22,23)/t11-,12-/m0/s1.